The van der Waals surface area contributed by atoms with Crippen molar-refractivity contribution in [3.05, 3.63) is 0 Å². The van der Waals surface area contributed by atoms with Gasteiger partial charge in [0.05, 0.1) is 19.4 Å². The summed E-state index contributed by atoms with van der Waals surface area (Å²) in [6.45, 7) is -1.69. The molecule has 0 bridgehead atoms. The summed E-state index contributed by atoms with van der Waals surface area (Å²) < 4.78 is 0. The summed E-state index contributed by atoms with van der Waals surface area (Å²) in [6, 6.07) is 0. The van der Waals surface area contributed by atoms with Crippen LogP contribution in [-0.4, -0.2) is 85.0 Å². The van der Waals surface area contributed by atoms with E-state index in [1.54, 1.807) is 0 Å². The molecule has 20 heavy (non-hydrogen) atoms. The summed E-state index contributed by atoms with van der Waals surface area (Å²) in [4.78, 5) is 29.8. The number of aliphatic hydroxyl groups excluding tert-OH is 5. The minimum Gasteiger partial charge on any atom is -0.481 e. The molecular weight excluding hydrogens is 280 g/mol. The maximum Gasteiger partial charge on any atom is 0.303 e. The van der Waals surface area contributed by atoms with Gasteiger partial charge in [-0.15, -0.1) is 0 Å². The van der Waals surface area contributed by atoms with E-state index in [0.29, 0.717) is 0 Å². The van der Waals surface area contributed by atoms with E-state index in [0.717, 1.165) is 0 Å². The van der Waals surface area contributed by atoms with Gasteiger partial charge in [0.25, 0.3) is 0 Å². The van der Waals surface area contributed by atoms with Gasteiger partial charge in [0, 0.05) is 0 Å². The quantitative estimate of drug-likeness (QED) is 0.237. The van der Waals surface area contributed by atoms with Crippen molar-refractivity contribution in [1.29, 1.82) is 0 Å². The molecule has 0 aliphatic carbocycles. The molecule has 118 valence electrons. The molecule has 10 nitrogen and oxygen atoms in total. The lowest BCUT2D eigenvalue weighted by Gasteiger charge is -2.19. The first-order chi connectivity index (χ1) is 9.17. The van der Waals surface area contributed by atoms with E-state index in [1.807, 2.05) is 0 Å². The van der Waals surface area contributed by atoms with Gasteiger partial charge in [0.2, 0.25) is 0 Å². The van der Waals surface area contributed by atoms with Gasteiger partial charge in [-0.25, -0.2) is 0 Å². The van der Waals surface area contributed by atoms with Gasteiger partial charge in [-0.05, 0) is 0 Å². The summed E-state index contributed by atoms with van der Waals surface area (Å²) in [6.07, 6.45) is -5.81. The Bertz CT molecular complexity index is 301. The summed E-state index contributed by atoms with van der Waals surface area (Å²) in [5.74, 6) is -3.16. The van der Waals surface area contributed by atoms with E-state index in [1.165, 1.54) is 0 Å². The number of aliphatic hydroxyl groups is 5. The van der Waals surface area contributed by atoms with Gasteiger partial charge >= 0.3 is 11.9 Å². The third-order valence-electron chi connectivity index (χ3n) is 1.94. The van der Waals surface area contributed by atoms with Crippen molar-refractivity contribution in [1.82, 2.24) is 0 Å². The zero-order valence-corrected chi connectivity index (χ0v) is 10.4. The number of carbonyl (C=O) groups excluding carboxylic acids is 1. The molecule has 0 aromatic heterocycles. The highest BCUT2D eigenvalue weighted by atomic mass is 16.4. The first kappa shape index (κ1) is 20.7. The first-order valence-corrected chi connectivity index (χ1v) is 5.39. The molecule has 0 spiro atoms. The Kier molecular flexibility index (Phi) is 11.7. The number of hydrogen-bond acceptors (Lipinski definition) is 8. The normalized spacial score (nSPS) is 14.4. The zero-order chi connectivity index (χ0) is 16.3. The van der Waals surface area contributed by atoms with Crippen LogP contribution in [0.3, 0.4) is 0 Å². The van der Waals surface area contributed by atoms with Gasteiger partial charge in [-0.2, -0.15) is 0 Å². The molecule has 0 aliphatic heterocycles. The summed E-state index contributed by atoms with van der Waals surface area (Å²) >= 11 is 0. The van der Waals surface area contributed by atoms with E-state index < -0.39 is 49.2 Å². The predicted molar refractivity (Wildman–Crippen MR) is 61.7 cm³/mol. The second-order valence-electron chi connectivity index (χ2n) is 3.60. The molecule has 0 heterocycles. The largest absolute Gasteiger partial charge is 0.481 e. The lowest BCUT2D eigenvalue weighted by molar-refractivity contribution is -0.143. The molecule has 0 saturated heterocycles. The van der Waals surface area contributed by atoms with Crippen LogP contribution in [0.4, 0.5) is 0 Å². The second kappa shape index (κ2) is 11.3. The molecule has 3 atom stereocenters. The highest BCUT2D eigenvalue weighted by molar-refractivity contribution is 5.84. The second-order valence-corrected chi connectivity index (χ2v) is 3.60. The maximum atomic E-state index is 10.5. The van der Waals surface area contributed by atoms with Crippen LogP contribution >= 0.6 is 0 Å². The summed E-state index contributed by atoms with van der Waals surface area (Å²) in [5, 5.41) is 58.9. The smallest absolute Gasteiger partial charge is 0.303 e. The maximum absolute atomic E-state index is 10.5. The monoisotopic (exact) mass is 298 g/mol. The van der Waals surface area contributed by atoms with Gasteiger partial charge in [0.1, 0.15) is 24.9 Å². The number of carbonyl (C=O) groups is 3. The van der Waals surface area contributed by atoms with Crippen LogP contribution in [0.15, 0.2) is 0 Å². The van der Waals surface area contributed by atoms with Crippen LogP contribution in [0.1, 0.15) is 12.8 Å². The fourth-order valence-electron chi connectivity index (χ4n) is 0.816. The highest BCUT2D eigenvalue weighted by Crippen LogP contribution is 2.00. The van der Waals surface area contributed by atoms with E-state index in [9.17, 15) is 14.4 Å². The zero-order valence-electron chi connectivity index (χ0n) is 10.4. The Balaban J connectivity index is 0. The van der Waals surface area contributed by atoms with Gasteiger partial charge < -0.3 is 35.7 Å². The van der Waals surface area contributed by atoms with Crippen LogP contribution in [0.25, 0.3) is 0 Å². The average molecular weight is 298 g/mol. The van der Waals surface area contributed by atoms with Crippen molar-refractivity contribution in [2.24, 2.45) is 0 Å². The third-order valence-corrected chi connectivity index (χ3v) is 1.94. The Morgan fingerprint density at radius 2 is 1.25 bits per heavy atom. The van der Waals surface area contributed by atoms with Crippen molar-refractivity contribution in [2.75, 3.05) is 13.2 Å². The topological polar surface area (TPSA) is 193 Å². The predicted octanol–water partition coefficient (Wildman–Crippen LogP) is -3.44. The molecule has 0 aromatic carbocycles. The SMILES string of the molecule is O=C(CO)[C@@H](O)[C@H](O)[C@H](O)CO.O=C(O)CCC(=O)O. The molecule has 0 amide bonds. The number of carboxylic acids is 2. The molecule has 0 radical (unpaired) electrons. The van der Waals surface area contributed by atoms with Crippen molar-refractivity contribution in [2.45, 2.75) is 31.2 Å². The van der Waals surface area contributed by atoms with Crippen LogP contribution in [0.2, 0.25) is 0 Å². The van der Waals surface area contributed by atoms with Gasteiger partial charge in [0.15, 0.2) is 5.78 Å². The van der Waals surface area contributed by atoms with Crippen molar-refractivity contribution in [3.63, 3.8) is 0 Å². The summed E-state index contributed by atoms with van der Waals surface area (Å²) in [7, 11) is 0. The van der Waals surface area contributed by atoms with E-state index in [-0.39, 0.29) is 12.8 Å². The molecule has 10 heteroatoms. The molecule has 0 saturated carbocycles. The molecule has 0 unspecified atom stereocenters. The molecule has 0 fully saturated rings. The van der Waals surface area contributed by atoms with Crippen LogP contribution in [0.5, 0.6) is 0 Å². The minimum absolute atomic E-state index is 0.296. The van der Waals surface area contributed by atoms with Crippen LogP contribution < -0.4 is 0 Å². The fraction of sp³-hybridized carbons (Fsp3) is 0.700. The molecule has 0 aliphatic rings. The lowest BCUT2D eigenvalue weighted by Crippen LogP contribution is -2.44. The summed E-state index contributed by atoms with van der Waals surface area (Å²) in [5.41, 5.74) is 0. The standard InChI is InChI=1S/C6H12O6.C4H6O4/c7-1-3(9)5(11)6(12)4(10)2-8;5-3(6)1-2-4(7)8/h3,5-9,11-12H,1-2H2;1-2H2,(H,5,6)(H,7,8)/t3-,5-,6-;/m1./s1. The van der Waals surface area contributed by atoms with Gasteiger partial charge in [-0.1, -0.05) is 0 Å². The number of hydrogen-bond donors (Lipinski definition) is 7. The average Bonchev–Trinajstić information content (AvgIpc) is 2.42. The molecule has 7 N–H and O–H groups in total. The van der Waals surface area contributed by atoms with Crippen molar-refractivity contribution < 1.29 is 50.1 Å². The molecule has 0 rings (SSSR count). The highest BCUT2D eigenvalue weighted by Gasteiger charge is 2.28. The molecule has 0 aromatic rings. The lowest BCUT2D eigenvalue weighted by atomic mass is 10.1. The Hall–Kier alpha value is -1.59. The van der Waals surface area contributed by atoms with Crippen LogP contribution in [0, 0.1) is 0 Å². The first-order valence-electron chi connectivity index (χ1n) is 5.39. The van der Waals surface area contributed by atoms with Crippen molar-refractivity contribution in [3.8, 4) is 0 Å². The van der Waals surface area contributed by atoms with E-state index >= 15 is 0 Å². The molecular formula is C10H18O10. The Morgan fingerprint density at radius 3 is 1.50 bits per heavy atom. The number of aliphatic carboxylic acids is 2. The number of rotatable bonds is 8. The third kappa shape index (κ3) is 10.3. The number of carboxylic acid groups (broad SMARTS) is 2. The van der Waals surface area contributed by atoms with E-state index in [2.05, 4.69) is 0 Å². The van der Waals surface area contributed by atoms with E-state index in [4.69, 9.17) is 35.7 Å². The fourth-order valence-corrected chi connectivity index (χ4v) is 0.816. The Morgan fingerprint density at radius 1 is 0.850 bits per heavy atom. The van der Waals surface area contributed by atoms with Gasteiger partial charge in [-0.3, -0.25) is 14.4 Å². The number of Topliss-reactive ketones (excluding diaryl/α,β-unsaturated/α-hetero) is 1. The van der Waals surface area contributed by atoms with Crippen LogP contribution in [-0.2, 0) is 14.4 Å². The minimum atomic E-state index is -1.86. The number of ketones is 1. The van der Waals surface area contributed by atoms with Crippen molar-refractivity contribution >= 4 is 17.7 Å². The Labute approximate surface area is 113 Å².